The second-order valence-corrected chi connectivity index (χ2v) is 9.01. The van der Waals surface area contributed by atoms with Crippen LogP contribution in [0.4, 0.5) is 0 Å². The van der Waals surface area contributed by atoms with Gasteiger partial charge >= 0.3 is 0 Å². The van der Waals surface area contributed by atoms with Crippen LogP contribution in [0.25, 0.3) is 0 Å². The van der Waals surface area contributed by atoms with Gasteiger partial charge < -0.3 is 0 Å². The molecule has 0 nitrogen and oxygen atoms in total. The first kappa shape index (κ1) is 17.0. The molecule has 3 saturated carbocycles. The van der Waals surface area contributed by atoms with Gasteiger partial charge in [-0.1, -0.05) is 120 Å². The van der Waals surface area contributed by atoms with Crippen LogP contribution >= 0.6 is 0 Å². The standard InChI is InChI=1S/C20H38B2/c1-2-7-11-15-19(14-10-6-1)21-22-20(16-17-20)18-12-8-4-3-5-9-13-18/h18-19,21-22H,1-17H2. The molecule has 124 valence electrons. The van der Waals surface area contributed by atoms with Crippen LogP contribution in [-0.2, 0) is 0 Å². The Kier molecular flexibility index (Phi) is 6.81. The first-order valence-corrected chi connectivity index (χ1v) is 10.9. The summed E-state index contributed by atoms with van der Waals surface area (Å²) >= 11 is 0. The van der Waals surface area contributed by atoms with Crippen molar-refractivity contribution in [3.8, 4) is 0 Å². The van der Waals surface area contributed by atoms with E-state index >= 15 is 0 Å². The topological polar surface area (TPSA) is 0 Å². The van der Waals surface area contributed by atoms with Gasteiger partial charge in [0.2, 0.25) is 0 Å². The predicted octanol–water partition coefficient (Wildman–Crippen LogP) is 6.01. The fourth-order valence-electron chi connectivity index (χ4n) is 5.59. The smallest absolute Gasteiger partial charge is 0.0733 e. The van der Waals surface area contributed by atoms with Gasteiger partial charge in [0.1, 0.15) is 0 Å². The molecule has 3 aliphatic carbocycles. The van der Waals surface area contributed by atoms with E-state index in [1.165, 1.54) is 70.6 Å². The summed E-state index contributed by atoms with van der Waals surface area (Å²) in [6.45, 7) is 0. The molecule has 0 atom stereocenters. The first-order chi connectivity index (χ1) is 10.9. The van der Waals surface area contributed by atoms with Gasteiger partial charge in [-0.25, -0.2) is 0 Å². The highest BCUT2D eigenvalue weighted by molar-refractivity contribution is 7.03. The van der Waals surface area contributed by atoms with Crippen LogP contribution in [0.15, 0.2) is 0 Å². The monoisotopic (exact) mass is 300 g/mol. The van der Waals surface area contributed by atoms with Crippen molar-refractivity contribution in [2.75, 3.05) is 0 Å². The molecule has 22 heavy (non-hydrogen) atoms. The van der Waals surface area contributed by atoms with Gasteiger partial charge in [0.15, 0.2) is 0 Å². The van der Waals surface area contributed by atoms with E-state index in [0.717, 1.165) is 17.0 Å². The van der Waals surface area contributed by atoms with E-state index in [4.69, 9.17) is 0 Å². The van der Waals surface area contributed by atoms with Crippen LogP contribution in [0.3, 0.4) is 0 Å². The maximum atomic E-state index is 1.60. The number of rotatable bonds is 4. The SMILES string of the molecule is B(BC1(C2CCCCCCC2)CC1)C1CCCCCCCC1. The zero-order valence-electron chi connectivity index (χ0n) is 15.1. The average molecular weight is 300 g/mol. The zero-order chi connectivity index (χ0) is 15.1. The minimum absolute atomic E-state index is 0.843. The predicted molar refractivity (Wildman–Crippen MR) is 103 cm³/mol. The maximum Gasteiger partial charge on any atom is 0.0952 e. The lowest BCUT2D eigenvalue weighted by Gasteiger charge is -2.29. The molecule has 3 aliphatic rings. The summed E-state index contributed by atoms with van der Waals surface area (Å²) in [4.78, 5) is 0. The highest BCUT2D eigenvalue weighted by Gasteiger charge is 2.48. The van der Waals surface area contributed by atoms with Crippen molar-refractivity contribution in [2.45, 2.75) is 120 Å². The van der Waals surface area contributed by atoms with E-state index in [-0.39, 0.29) is 0 Å². The summed E-state index contributed by atoms with van der Waals surface area (Å²) in [5.74, 6) is 2.20. The molecule has 0 aliphatic heterocycles. The normalized spacial score (nSPS) is 28.5. The van der Waals surface area contributed by atoms with E-state index in [9.17, 15) is 0 Å². The van der Waals surface area contributed by atoms with Crippen molar-refractivity contribution in [1.29, 1.82) is 0 Å². The van der Waals surface area contributed by atoms with Gasteiger partial charge in [-0.05, 0) is 5.92 Å². The van der Waals surface area contributed by atoms with Gasteiger partial charge in [0.25, 0.3) is 0 Å². The van der Waals surface area contributed by atoms with E-state index in [1.54, 1.807) is 52.9 Å². The molecule has 0 aromatic carbocycles. The second-order valence-electron chi connectivity index (χ2n) is 9.01. The van der Waals surface area contributed by atoms with Crippen LogP contribution in [-0.4, -0.2) is 14.3 Å². The fraction of sp³-hybridized carbons (Fsp3) is 1.00. The van der Waals surface area contributed by atoms with Crippen LogP contribution in [0, 0.1) is 5.92 Å². The van der Waals surface area contributed by atoms with Crippen LogP contribution < -0.4 is 0 Å². The van der Waals surface area contributed by atoms with E-state index in [0.29, 0.717) is 0 Å². The number of hydrogen-bond donors (Lipinski definition) is 0. The molecule has 0 saturated heterocycles. The maximum absolute atomic E-state index is 1.60. The Balaban J connectivity index is 1.46. The molecule has 0 aromatic rings. The Morgan fingerprint density at radius 2 is 1.00 bits per heavy atom. The molecule has 3 fully saturated rings. The highest BCUT2D eigenvalue weighted by Crippen LogP contribution is 2.62. The Morgan fingerprint density at radius 1 is 0.545 bits per heavy atom. The van der Waals surface area contributed by atoms with Gasteiger partial charge in [-0.3, -0.25) is 0 Å². The lowest BCUT2D eigenvalue weighted by Crippen LogP contribution is -2.25. The van der Waals surface area contributed by atoms with Gasteiger partial charge in [-0.2, -0.15) is 0 Å². The van der Waals surface area contributed by atoms with Gasteiger partial charge in [0.05, 0.1) is 14.3 Å². The molecule has 0 unspecified atom stereocenters. The van der Waals surface area contributed by atoms with Crippen molar-refractivity contribution in [3.05, 3.63) is 0 Å². The van der Waals surface area contributed by atoms with Crippen LogP contribution in [0.2, 0.25) is 11.1 Å². The quantitative estimate of drug-likeness (QED) is 0.558. The third kappa shape index (κ3) is 5.07. The van der Waals surface area contributed by atoms with E-state index < -0.39 is 0 Å². The zero-order valence-corrected chi connectivity index (χ0v) is 15.1. The Hall–Kier alpha value is 0.130. The molecule has 0 bridgehead atoms. The molecule has 2 heteroatoms. The lowest BCUT2D eigenvalue weighted by molar-refractivity contribution is 0.351. The summed E-state index contributed by atoms with van der Waals surface area (Å²) in [5, 5.41) is 0.843. The molecule has 0 amide bonds. The summed E-state index contributed by atoms with van der Waals surface area (Å²) in [5.41, 5.74) is 0. The highest BCUT2D eigenvalue weighted by atomic mass is 14.4. The molecule has 0 spiro atoms. The van der Waals surface area contributed by atoms with Crippen molar-refractivity contribution >= 4 is 14.3 Å². The summed E-state index contributed by atoms with van der Waals surface area (Å²) < 4.78 is 0. The van der Waals surface area contributed by atoms with Crippen molar-refractivity contribution in [2.24, 2.45) is 5.92 Å². The molecule has 0 heterocycles. The molecular weight excluding hydrogens is 262 g/mol. The molecule has 0 N–H and O–H groups in total. The second kappa shape index (κ2) is 8.84. The van der Waals surface area contributed by atoms with Crippen molar-refractivity contribution in [3.63, 3.8) is 0 Å². The number of hydrogen-bond acceptors (Lipinski definition) is 0. The fourth-order valence-corrected chi connectivity index (χ4v) is 5.59. The van der Waals surface area contributed by atoms with E-state index in [2.05, 4.69) is 0 Å². The Morgan fingerprint density at radius 3 is 1.50 bits per heavy atom. The third-order valence-corrected chi connectivity index (χ3v) is 7.39. The Labute approximate surface area is 141 Å². The minimum atomic E-state index is 0.843. The average Bonchev–Trinajstić information content (AvgIpc) is 3.24. The van der Waals surface area contributed by atoms with Crippen molar-refractivity contribution in [1.82, 2.24) is 0 Å². The summed E-state index contributed by atoms with van der Waals surface area (Å²) in [6.07, 6.45) is 26.2. The first-order valence-electron chi connectivity index (χ1n) is 10.9. The van der Waals surface area contributed by atoms with Gasteiger partial charge in [0, 0.05) is 0 Å². The van der Waals surface area contributed by atoms with E-state index in [1.807, 2.05) is 0 Å². The largest absolute Gasteiger partial charge is 0.0952 e. The van der Waals surface area contributed by atoms with Gasteiger partial charge in [-0.15, -0.1) is 0 Å². The van der Waals surface area contributed by atoms with Crippen LogP contribution in [0.5, 0.6) is 0 Å². The molecular formula is C20H38B2. The van der Waals surface area contributed by atoms with Crippen LogP contribution in [0.1, 0.15) is 109 Å². The third-order valence-electron chi connectivity index (χ3n) is 7.39. The lowest BCUT2D eigenvalue weighted by atomic mass is 9.25. The summed E-state index contributed by atoms with van der Waals surface area (Å²) in [7, 11) is 3.18. The molecule has 3 rings (SSSR count). The molecule has 0 radical (unpaired) electrons. The Bertz CT molecular complexity index is 293. The summed E-state index contributed by atoms with van der Waals surface area (Å²) in [6, 6.07) is 0. The minimum Gasteiger partial charge on any atom is -0.0733 e. The van der Waals surface area contributed by atoms with Crippen molar-refractivity contribution < 1.29 is 0 Å². The molecule has 0 aromatic heterocycles.